The summed E-state index contributed by atoms with van der Waals surface area (Å²) in [5, 5.41) is 5.89. The third-order valence-corrected chi connectivity index (χ3v) is 5.78. The van der Waals surface area contributed by atoms with Gasteiger partial charge in [-0.15, -0.1) is 0 Å². The van der Waals surface area contributed by atoms with Crippen molar-refractivity contribution in [2.24, 2.45) is 0 Å². The first-order valence-corrected chi connectivity index (χ1v) is 11.4. The Balaban J connectivity index is 2.01. The molecule has 0 aromatic heterocycles. The smallest absolute Gasteiger partial charge is 0.246 e. The largest absolute Gasteiger partial charge is 0.385 e. The lowest BCUT2D eigenvalue weighted by Gasteiger charge is -2.35. The van der Waals surface area contributed by atoms with E-state index in [1.54, 1.807) is 20.0 Å². The Hall–Kier alpha value is -3.15. The molecule has 1 heterocycles. The lowest BCUT2D eigenvalue weighted by Crippen LogP contribution is -2.44. The Morgan fingerprint density at radius 1 is 1.24 bits per heavy atom. The molecule has 1 atom stereocenters. The van der Waals surface area contributed by atoms with Crippen LogP contribution in [0.2, 0.25) is 0 Å². The highest BCUT2D eigenvalue weighted by Crippen LogP contribution is 2.29. The number of hydrogen-bond donors (Lipinski definition) is 2. The van der Waals surface area contributed by atoms with Gasteiger partial charge in [-0.3, -0.25) is 9.59 Å². The summed E-state index contributed by atoms with van der Waals surface area (Å²) in [5.74, 6) is -0.168. The Labute approximate surface area is 197 Å². The van der Waals surface area contributed by atoms with Gasteiger partial charge < -0.3 is 15.5 Å². The SMILES string of the molecule is C=C(/C=C(\C=C(/C)C(=O)NC)C(=C)NCCCC1(F)CCCN(C=O)C1)Cc1ccccc1. The van der Waals surface area contributed by atoms with Crippen LogP contribution >= 0.6 is 0 Å². The number of likely N-dealkylation sites (N-methyl/N-ethyl adjacent to an activating group) is 1. The van der Waals surface area contributed by atoms with E-state index in [2.05, 4.69) is 23.8 Å². The molecule has 0 radical (unpaired) electrons. The third-order valence-electron chi connectivity index (χ3n) is 5.78. The second-order valence-electron chi connectivity index (χ2n) is 8.67. The fourth-order valence-electron chi connectivity index (χ4n) is 4.00. The van der Waals surface area contributed by atoms with E-state index in [9.17, 15) is 9.59 Å². The number of hydrogen-bond acceptors (Lipinski definition) is 3. The van der Waals surface area contributed by atoms with Gasteiger partial charge in [0.2, 0.25) is 12.3 Å². The van der Waals surface area contributed by atoms with Gasteiger partial charge in [0, 0.05) is 31.4 Å². The zero-order valence-electron chi connectivity index (χ0n) is 19.8. The molecule has 33 heavy (non-hydrogen) atoms. The fourth-order valence-corrected chi connectivity index (χ4v) is 4.00. The van der Waals surface area contributed by atoms with Gasteiger partial charge in [-0.05, 0) is 62.3 Å². The van der Waals surface area contributed by atoms with Crippen LogP contribution in [0.25, 0.3) is 0 Å². The van der Waals surface area contributed by atoms with Crippen molar-refractivity contribution >= 4 is 12.3 Å². The molecule has 1 unspecified atom stereocenters. The molecule has 2 amide bonds. The molecular formula is C27H36FN3O2. The highest BCUT2D eigenvalue weighted by atomic mass is 19.1. The highest BCUT2D eigenvalue weighted by molar-refractivity contribution is 5.93. The first-order valence-electron chi connectivity index (χ1n) is 11.4. The summed E-state index contributed by atoms with van der Waals surface area (Å²) in [6, 6.07) is 10.0. The predicted octanol–water partition coefficient (Wildman–Crippen LogP) is 4.25. The van der Waals surface area contributed by atoms with Crippen LogP contribution in [0, 0.1) is 0 Å². The summed E-state index contributed by atoms with van der Waals surface area (Å²) < 4.78 is 15.0. The van der Waals surface area contributed by atoms with Crippen LogP contribution in [0.5, 0.6) is 0 Å². The number of nitrogens with one attached hydrogen (secondary N) is 2. The number of carbonyl (C=O) groups is 2. The van der Waals surface area contributed by atoms with Crippen molar-refractivity contribution in [2.75, 3.05) is 26.7 Å². The summed E-state index contributed by atoms with van der Waals surface area (Å²) in [7, 11) is 1.59. The number of benzene rings is 1. The third kappa shape index (κ3) is 8.72. The van der Waals surface area contributed by atoms with Gasteiger partial charge in [-0.2, -0.15) is 0 Å². The number of amides is 2. The summed E-state index contributed by atoms with van der Waals surface area (Å²) in [6.07, 6.45) is 7.28. The molecule has 1 aliphatic rings. The summed E-state index contributed by atoms with van der Waals surface area (Å²) in [6.45, 7) is 11.4. The molecule has 1 saturated heterocycles. The average molecular weight is 454 g/mol. The van der Waals surface area contributed by atoms with Crippen LogP contribution in [0.1, 0.15) is 38.2 Å². The molecule has 2 N–H and O–H groups in total. The van der Waals surface area contributed by atoms with E-state index in [1.165, 1.54) is 4.90 Å². The Bertz CT molecular complexity index is 907. The lowest BCUT2D eigenvalue weighted by molar-refractivity contribution is -0.122. The molecule has 0 spiro atoms. The standard InChI is InChI=1S/C27H36FN3O2/c1-21(16-24-10-6-5-7-11-24)17-25(18-22(2)26(33)29-4)23(3)30-14-8-12-27(28)13-9-15-31(19-27)20-32/h5-7,10-11,17-18,20,30H,1,3,8-9,12-16,19H2,2,4H3,(H,29,33)/b22-18+,25-17+. The zero-order valence-corrected chi connectivity index (χ0v) is 19.8. The van der Waals surface area contributed by atoms with Gasteiger partial charge in [0.25, 0.3) is 0 Å². The molecule has 0 bridgehead atoms. The monoisotopic (exact) mass is 453 g/mol. The minimum atomic E-state index is -1.33. The van der Waals surface area contributed by atoms with Gasteiger partial charge in [0.15, 0.2) is 0 Å². The van der Waals surface area contributed by atoms with Crippen LogP contribution in [0.15, 0.2) is 78.1 Å². The number of rotatable bonds is 12. The summed E-state index contributed by atoms with van der Waals surface area (Å²) >= 11 is 0. The molecule has 1 aromatic carbocycles. The Morgan fingerprint density at radius 3 is 2.64 bits per heavy atom. The van der Waals surface area contributed by atoms with Crippen LogP contribution in [-0.2, 0) is 16.0 Å². The lowest BCUT2D eigenvalue weighted by atomic mass is 9.90. The number of allylic oxidation sites excluding steroid dienone is 3. The predicted molar refractivity (Wildman–Crippen MR) is 132 cm³/mol. The fraction of sp³-hybridized carbons (Fsp3) is 0.407. The van der Waals surface area contributed by atoms with Crippen LogP contribution in [-0.4, -0.2) is 49.6 Å². The van der Waals surface area contributed by atoms with Gasteiger partial charge in [-0.25, -0.2) is 4.39 Å². The minimum absolute atomic E-state index is 0.163. The van der Waals surface area contributed by atoms with E-state index in [0.29, 0.717) is 56.5 Å². The van der Waals surface area contributed by atoms with Crippen LogP contribution in [0.3, 0.4) is 0 Å². The van der Waals surface area contributed by atoms with Gasteiger partial charge in [0.05, 0.1) is 6.54 Å². The van der Waals surface area contributed by atoms with E-state index >= 15 is 4.39 Å². The van der Waals surface area contributed by atoms with Gasteiger partial charge >= 0.3 is 0 Å². The molecule has 2 rings (SSSR count). The number of likely N-dealkylation sites (tertiary alicyclic amines) is 1. The maximum Gasteiger partial charge on any atom is 0.246 e. The minimum Gasteiger partial charge on any atom is -0.385 e. The molecule has 1 fully saturated rings. The van der Waals surface area contributed by atoms with Crippen LogP contribution < -0.4 is 10.6 Å². The number of halogens is 1. The number of nitrogens with zero attached hydrogens (tertiary/aromatic N) is 1. The summed E-state index contributed by atoms with van der Waals surface area (Å²) in [5.41, 5.74) is 2.67. The average Bonchev–Trinajstić information content (AvgIpc) is 2.81. The van der Waals surface area contributed by atoms with E-state index in [-0.39, 0.29) is 12.5 Å². The van der Waals surface area contributed by atoms with Gasteiger partial charge in [0.1, 0.15) is 5.67 Å². The molecule has 178 valence electrons. The zero-order chi connectivity index (χ0) is 24.3. The van der Waals surface area contributed by atoms with Crippen molar-refractivity contribution in [3.05, 3.63) is 83.6 Å². The molecule has 6 heteroatoms. The second-order valence-corrected chi connectivity index (χ2v) is 8.67. The number of piperidine rings is 1. The molecular weight excluding hydrogens is 417 g/mol. The Morgan fingerprint density at radius 2 is 1.97 bits per heavy atom. The maximum absolute atomic E-state index is 15.0. The Kier molecular flexibility index (Phi) is 10.1. The van der Waals surface area contributed by atoms with Crippen molar-refractivity contribution in [1.82, 2.24) is 15.5 Å². The quantitative estimate of drug-likeness (QED) is 0.215. The number of carbonyl (C=O) groups excluding carboxylic acids is 2. The summed E-state index contributed by atoms with van der Waals surface area (Å²) in [4.78, 5) is 24.5. The van der Waals surface area contributed by atoms with Crippen molar-refractivity contribution in [3.63, 3.8) is 0 Å². The highest BCUT2D eigenvalue weighted by Gasteiger charge is 2.34. The second kappa shape index (κ2) is 12.8. The normalized spacial score (nSPS) is 19.1. The van der Waals surface area contributed by atoms with Gasteiger partial charge in [-0.1, -0.05) is 49.1 Å². The van der Waals surface area contributed by atoms with Crippen molar-refractivity contribution in [2.45, 2.75) is 44.7 Å². The van der Waals surface area contributed by atoms with E-state index in [0.717, 1.165) is 23.1 Å². The first kappa shape index (κ1) is 26.1. The van der Waals surface area contributed by atoms with E-state index in [1.807, 2.05) is 36.4 Å². The molecule has 0 saturated carbocycles. The van der Waals surface area contributed by atoms with E-state index < -0.39 is 5.67 Å². The first-order chi connectivity index (χ1) is 15.8. The van der Waals surface area contributed by atoms with Crippen molar-refractivity contribution in [1.29, 1.82) is 0 Å². The molecule has 1 aromatic rings. The topological polar surface area (TPSA) is 61.4 Å². The van der Waals surface area contributed by atoms with Crippen molar-refractivity contribution < 1.29 is 14.0 Å². The molecule has 5 nitrogen and oxygen atoms in total. The molecule has 1 aliphatic heterocycles. The van der Waals surface area contributed by atoms with Crippen molar-refractivity contribution in [3.8, 4) is 0 Å². The van der Waals surface area contributed by atoms with E-state index in [4.69, 9.17) is 0 Å². The maximum atomic E-state index is 15.0. The molecule has 0 aliphatic carbocycles. The van der Waals surface area contributed by atoms with Crippen LogP contribution in [0.4, 0.5) is 4.39 Å². The number of alkyl halides is 1.